The van der Waals surface area contributed by atoms with E-state index in [1.54, 1.807) is 0 Å². The van der Waals surface area contributed by atoms with E-state index in [2.05, 4.69) is 46.6 Å². The number of hydrogen-bond acceptors (Lipinski definition) is 3. The van der Waals surface area contributed by atoms with Crippen molar-refractivity contribution in [3.63, 3.8) is 0 Å². The number of allylic oxidation sites excluding steroid dienone is 1. The first-order valence-electron chi connectivity index (χ1n) is 9.17. The number of nitrogens with zero attached hydrogens (tertiary/aromatic N) is 3. The van der Waals surface area contributed by atoms with Gasteiger partial charge in [-0.2, -0.15) is 0 Å². The van der Waals surface area contributed by atoms with E-state index >= 15 is 0 Å². The Balaban J connectivity index is 1.52. The molecule has 0 radical (unpaired) electrons. The van der Waals surface area contributed by atoms with Gasteiger partial charge < -0.3 is 9.88 Å². The summed E-state index contributed by atoms with van der Waals surface area (Å²) in [6.45, 7) is 6.35. The fourth-order valence-corrected chi connectivity index (χ4v) is 4.53. The average Bonchev–Trinajstić information content (AvgIpc) is 3.17. The molecule has 1 saturated carbocycles. The molecule has 1 aromatic carbocycles. The molecule has 0 bridgehead atoms. The Hall–Kier alpha value is -2.14. The highest BCUT2D eigenvalue weighted by molar-refractivity contribution is 5.77. The molecule has 1 saturated heterocycles. The zero-order chi connectivity index (χ0) is 17.4. The number of rotatable bonds is 5. The number of aromatic nitrogens is 2. The fourth-order valence-electron chi connectivity index (χ4n) is 4.53. The number of benzene rings is 1. The van der Waals surface area contributed by atoms with Crippen LogP contribution in [0.5, 0.6) is 0 Å². The van der Waals surface area contributed by atoms with E-state index in [0.717, 1.165) is 37.4 Å². The lowest BCUT2D eigenvalue weighted by molar-refractivity contribution is -0.124. The van der Waals surface area contributed by atoms with Crippen LogP contribution in [-0.2, 0) is 17.9 Å². The van der Waals surface area contributed by atoms with Gasteiger partial charge in [-0.25, -0.2) is 4.98 Å². The van der Waals surface area contributed by atoms with Gasteiger partial charge in [0.25, 0.3) is 0 Å². The van der Waals surface area contributed by atoms with Crippen molar-refractivity contribution < 1.29 is 4.79 Å². The molecule has 4 rings (SSSR count). The first-order chi connectivity index (χ1) is 12.2. The molecule has 132 valence electrons. The number of carbonyl (C=O) groups is 1. The third kappa shape index (κ3) is 3.09. The van der Waals surface area contributed by atoms with Gasteiger partial charge in [0.15, 0.2) is 0 Å². The Morgan fingerprint density at radius 1 is 1.36 bits per heavy atom. The predicted molar refractivity (Wildman–Crippen MR) is 99.0 cm³/mol. The van der Waals surface area contributed by atoms with Crippen LogP contribution in [0.2, 0.25) is 0 Å². The second kappa shape index (κ2) is 6.64. The molecule has 1 aromatic heterocycles. The number of piperidine rings is 1. The molecule has 1 aliphatic carbocycles. The zero-order valence-corrected chi connectivity index (χ0v) is 14.8. The SMILES string of the molecule is C=CCn1c(CN(C)[C@H]2C[C@H]3CNC(=O)C[C@H]3C2)nc2ccccc21. The van der Waals surface area contributed by atoms with Gasteiger partial charge in [-0.05, 0) is 43.9 Å². The molecule has 2 aromatic rings. The standard InChI is InChI=1S/C20H26N4O/c1-3-8-24-18-7-5-4-6-17(18)22-19(24)13-23(2)16-9-14-11-20(25)21-12-15(14)10-16/h3-7,14-16H,1,8-13H2,2H3,(H,21,25)/t14-,15+,16-/m1/s1. The van der Waals surface area contributed by atoms with Crippen molar-refractivity contribution in [2.75, 3.05) is 13.6 Å². The minimum atomic E-state index is 0.220. The first-order valence-corrected chi connectivity index (χ1v) is 9.17. The molecule has 5 heteroatoms. The lowest BCUT2D eigenvalue weighted by Gasteiger charge is -2.24. The van der Waals surface area contributed by atoms with Gasteiger partial charge in [0.2, 0.25) is 5.91 Å². The summed E-state index contributed by atoms with van der Waals surface area (Å²) < 4.78 is 2.26. The van der Waals surface area contributed by atoms with Crippen LogP contribution in [0, 0.1) is 11.8 Å². The first kappa shape index (κ1) is 16.3. The smallest absolute Gasteiger partial charge is 0.220 e. The van der Waals surface area contributed by atoms with E-state index in [1.807, 2.05) is 12.1 Å². The molecule has 1 N–H and O–H groups in total. The van der Waals surface area contributed by atoms with E-state index in [9.17, 15) is 4.79 Å². The molecular formula is C20H26N4O. The minimum Gasteiger partial charge on any atom is -0.356 e. The maximum absolute atomic E-state index is 11.6. The molecule has 1 aliphatic heterocycles. The highest BCUT2D eigenvalue weighted by Crippen LogP contribution is 2.38. The number of fused-ring (bicyclic) bond motifs is 2. The lowest BCUT2D eigenvalue weighted by Crippen LogP contribution is -2.38. The number of nitrogens with one attached hydrogen (secondary N) is 1. The second-order valence-corrected chi connectivity index (χ2v) is 7.48. The maximum Gasteiger partial charge on any atom is 0.220 e. The van der Waals surface area contributed by atoms with Gasteiger partial charge in [-0.1, -0.05) is 18.2 Å². The van der Waals surface area contributed by atoms with Crippen molar-refractivity contribution in [2.45, 2.75) is 38.4 Å². The monoisotopic (exact) mass is 338 g/mol. The average molecular weight is 338 g/mol. The van der Waals surface area contributed by atoms with Gasteiger partial charge >= 0.3 is 0 Å². The van der Waals surface area contributed by atoms with E-state index in [1.165, 1.54) is 11.9 Å². The van der Waals surface area contributed by atoms with Crippen LogP contribution in [0.3, 0.4) is 0 Å². The number of amides is 1. The quantitative estimate of drug-likeness (QED) is 0.853. The van der Waals surface area contributed by atoms with Crippen LogP contribution < -0.4 is 5.32 Å². The molecule has 1 amide bonds. The highest BCUT2D eigenvalue weighted by atomic mass is 16.1. The third-order valence-corrected chi connectivity index (χ3v) is 5.88. The molecule has 0 spiro atoms. The summed E-state index contributed by atoms with van der Waals surface area (Å²) in [5, 5.41) is 3.02. The fraction of sp³-hybridized carbons (Fsp3) is 0.500. The van der Waals surface area contributed by atoms with Crippen molar-refractivity contribution in [1.82, 2.24) is 19.8 Å². The Bertz CT molecular complexity index is 796. The molecule has 2 fully saturated rings. The third-order valence-electron chi connectivity index (χ3n) is 5.88. The summed E-state index contributed by atoms with van der Waals surface area (Å²) in [5.41, 5.74) is 2.21. The van der Waals surface area contributed by atoms with E-state index in [4.69, 9.17) is 4.98 Å². The van der Waals surface area contributed by atoms with Crippen LogP contribution in [0.25, 0.3) is 11.0 Å². The molecule has 2 aliphatic rings. The van der Waals surface area contributed by atoms with Crippen LogP contribution >= 0.6 is 0 Å². The Morgan fingerprint density at radius 3 is 3.00 bits per heavy atom. The highest BCUT2D eigenvalue weighted by Gasteiger charge is 2.39. The van der Waals surface area contributed by atoms with Crippen LogP contribution in [0.15, 0.2) is 36.9 Å². The predicted octanol–water partition coefficient (Wildman–Crippen LogP) is 2.57. The zero-order valence-electron chi connectivity index (χ0n) is 14.8. The molecular weight excluding hydrogens is 312 g/mol. The summed E-state index contributed by atoms with van der Waals surface area (Å²) >= 11 is 0. The van der Waals surface area contributed by atoms with Crippen molar-refractivity contribution in [1.29, 1.82) is 0 Å². The summed E-state index contributed by atoms with van der Waals surface area (Å²) in [4.78, 5) is 18.9. The number of hydrogen-bond donors (Lipinski definition) is 1. The number of para-hydroxylation sites is 2. The van der Waals surface area contributed by atoms with Gasteiger partial charge in [-0.3, -0.25) is 9.69 Å². The number of carbonyl (C=O) groups excluding carboxylic acids is 1. The number of imidazole rings is 1. The van der Waals surface area contributed by atoms with Gasteiger partial charge in [0.05, 0.1) is 17.6 Å². The van der Waals surface area contributed by atoms with E-state index in [0.29, 0.717) is 24.3 Å². The lowest BCUT2D eigenvalue weighted by atomic mass is 9.89. The molecule has 3 atom stereocenters. The Morgan fingerprint density at radius 2 is 2.16 bits per heavy atom. The van der Waals surface area contributed by atoms with Gasteiger partial charge in [-0.15, -0.1) is 6.58 Å². The van der Waals surface area contributed by atoms with Gasteiger partial charge in [0, 0.05) is 25.6 Å². The molecule has 0 unspecified atom stereocenters. The molecule has 5 nitrogen and oxygen atoms in total. The summed E-state index contributed by atoms with van der Waals surface area (Å²) in [6, 6.07) is 8.81. The summed E-state index contributed by atoms with van der Waals surface area (Å²) in [6.07, 6.45) is 4.92. The maximum atomic E-state index is 11.6. The van der Waals surface area contributed by atoms with Crippen molar-refractivity contribution in [3.8, 4) is 0 Å². The molecule has 25 heavy (non-hydrogen) atoms. The normalized spacial score (nSPS) is 26.0. The van der Waals surface area contributed by atoms with E-state index in [-0.39, 0.29) is 5.91 Å². The van der Waals surface area contributed by atoms with Crippen LogP contribution in [-0.4, -0.2) is 40.0 Å². The van der Waals surface area contributed by atoms with Crippen molar-refractivity contribution in [3.05, 3.63) is 42.7 Å². The summed E-state index contributed by atoms with van der Waals surface area (Å²) in [5.74, 6) is 2.50. The van der Waals surface area contributed by atoms with Gasteiger partial charge in [0.1, 0.15) is 5.82 Å². The second-order valence-electron chi connectivity index (χ2n) is 7.48. The van der Waals surface area contributed by atoms with Crippen LogP contribution in [0.4, 0.5) is 0 Å². The topological polar surface area (TPSA) is 50.2 Å². The minimum absolute atomic E-state index is 0.220. The largest absolute Gasteiger partial charge is 0.356 e. The summed E-state index contributed by atoms with van der Waals surface area (Å²) in [7, 11) is 2.19. The van der Waals surface area contributed by atoms with Crippen molar-refractivity contribution in [2.24, 2.45) is 11.8 Å². The van der Waals surface area contributed by atoms with E-state index < -0.39 is 0 Å². The van der Waals surface area contributed by atoms with Crippen molar-refractivity contribution >= 4 is 16.9 Å². The Kier molecular flexibility index (Phi) is 4.34. The Labute approximate surface area is 148 Å². The van der Waals surface area contributed by atoms with Crippen LogP contribution in [0.1, 0.15) is 25.1 Å². The molecule has 2 heterocycles.